The molecule has 0 spiro atoms. The summed E-state index contributed by atoms with van der Waals surface area (Å²) in [5.41, 5.74) is 16.2. The van der Waals surface area contributed by atoms with E-state index in [0.717, 1.165) is 45.1 Å². The number of carbonyl (C=O) groups excluding carboxylic acids is 2. The Hall–Kier alpha value is -2.53. The number of guanidine groups is 1. The number of hydrogen-bond donors (Lipinski definition) is 8. The standard InChI is InChI=1S/C18H38N4O.C17H37N5O.CH4/c1-12(2)11-17(21-14(5)6)18(23)22-16(13(3)4)9-8-10-20-15(7)19;1-11(2)10-15(21-13(5)6)16(23)22-14(12(3)4)8-7-9-20-17(18)19;/h12-14,16-17,20-21H,7-11,19H2,1-6H3,(H,22,23);11-15,21H,7-10H2,1-6H3,(H,22,23)(H4,18,19,20);1H4. The fraction of sp³-hybridized carbons (Fsp3) is 0.861. The van der Waals surface area contributed by atoms with Gasteiger partial charge in [-0.2, -0.15) is 0 Å². The Morgan fingerprint density at radius 2 is 1.04 bits per heavy atom. The Kier molecular flexibility index (Phi) is 28.5. The molecule has 0 aliphatic carbocycles. The van der Waals surface area contributed by atoms with Gasteiger partial charge in [0, 0.05) is 37.3 Å². The van der Waals surface area contributed by atoms with Gasteiger partial charge in [0.05, 0.1) is 17.9 Å². The molecule has 11 nitrogen and oxygen atoms in total. The van der Waals surface area contributed by atoms with E-state index in [0.29, 0.717) is 42.1 Å². The van der Waals surface area contributed by atoms with Crippen LogP contribution < -0.4 is 43.8 Å². The minimum absolute atomic E-state index is 0. The fourth-order valence-corrected chi connectivity index (χ4v) is 5.05. The van der Waals surface area contributed by atoms with Gasteiger partial charge in [-0.1, -0.05) is 97.1 Å². The third-order valence-electron chi connectivity index (χ3n) is 7.39. The van der Waals surface area contributed by atoms with Crippen molar-refractivity contribution in [3.63, 3.8) is 0 Å². The molecule has 0 aromatic heterocycles. The van der Waals surface area contributed by atoms with Crippen molar-refractivity contribution in [2.24, 2.45) is 45.9 Å². The summed E-state index contributed by atoms with van der Waals surface area (Å²) in [6, 6.07) is 0.622. The highest BCUT2D eigenvalue weighted by atomic mass is 16.2. The lowest BCUT2D eigenvalue weighted by molar-refractivity contribution is -0.125. The zero-order valence-electron chi connectivity index (χ0n) is 31.6. The summed E-state index contributed by atoms with van der Waals surface area (Å²) in [6.07, 6.45) is 5.29. The first-order valence-electron chi connectivity index (χ1n) is 17.6. The third kappa shape index (κ3) is 28.2. The lowest BCUT2D eigenvalue weighted by atomic mass is 9.97. The van der Waals surface area contributed by atoms with Gasteiger partial charge in [-0.15, -0.1) is 0 Å². The maximum Gasteiger partial charge on any atom is 0.237 e. The molecule has 0 bridgehead atoms. The summed E-state index contributed by atoms with van der Waals surface area (Å²) in [5, 5.41) is 16.2. The smallest absolute Gasteiger partial charge is 0.237 e. The second kappa shape index (κ2) is 27.4. The number of hydrogen-bond acceptors (Lipinski definition) is 7. The number of aliphatic imine (C=N–C) groups is 1. The van der Waals surface area contributed by atoms with Gasteiger partial charge in [-0.3, -0.25) is 14.6 Å². The zero-order valence-corrected chi connectivity index (χ0v) is 31.6. The molecule has 0 aliphatic heterocycles. The largest absolute Gasteiger partial charge is 0.386 e. The zero-order chi connectivity index (χ0) is 36.0. The van der Waals surface area contributed by atoms with Crippen LogP contribution >= 0.6 is 0 Å². The van der Waals surface area contributed by atoms with Crippen molar-refractivity contribution >= 4 is 17.8 Å². The summed E-state index contributed by atoms with van der Waals surface area (Å²) in [4.78, 5) is 29.3. The van der Waals surface area contributed by atoms with Crippen LogP contribution in [0.1, 0.15) is 129 Å². The molecular formula is C36H79N9O2. The molecule has 0 saturated heterocycles. The normalized spacial score (nSPS) is 13.8. The van der Waals surface area contributed by atoms with Crippen molar-refractivity contribution < 1.29 is 9.59 Å². The average molecular weight is 670 g/mol. The van der Waals surface area contributed by atoms with E-state index in [1.54, 1.807) is 0 Å². The molecule has 11 N–H and O–H groups in total. The predicted molar refractivity (Wildman–Crippen MR) is 204 cm³/mol. The molecular weight excluding hydrogens is 590 g/mol. The highest BCUT2D eigenvalue weighted by Crippen LogP contribution is 2.13. The van der Waals surface area contributed by atoms with Gasteiger partial charge < -0.3 is 43.8 Å². The molecule has 0 radical (unpaired) electrons. The number of nitrogens with zero attached hydrogens (tertiary/aromatic N) is 1. The lowest BCUT2D eigenvalue weighted by Crippen LogP contribution is -2.51. The maximum atomic E-state index is 12.6. The molecule has 0 heterocycles. The number of carbonyl (C=O) groups is 2. The van der Waals surface area contributed by atoms with Crippen LogP contribution in [-0.2, 0) is 9.59 Å². The molecule has 0 rings (SSSR count). The van der Waals surface area contributed by atoms with Crippen LogP contribution in [0.25, 0.3) is 0 Å². The SMILES string of the molecule is C.C=C(N)NCCCC(NC(=O)C(CC(C)C)NC(C)C)C(C)C.CC(C)CC(NC(C)C)C(=O)NC(CCCN=C(N)N)C(C)C. The number of amides is 2. The van der Waals surface area contributed by atoms with Crippen LogP contribution in [0, 0.1) is 23.7 Å². The monoisotopic (exact) mass is 670 g/mol. The molecule has 4 unspecified atom stereocenters. The van der Waals surface area contributed by atoms with E-state index in [-0.39, 0.29) is 55.4 Å². The summed E-state index contributed by atoms with van der Waals surface area (Å²) < 4.78 is 0. The van der Waals surface area contributed by atoms with Crippen molar-refractivity contribution in [2.45, 2.75) is 165 Å². The number of nitrogens with one attached hydrogen (secondary N) is 5. The Balaban J connectivity index is -0.000000807. The second-order valence-electron chi connectivity index (χ2n) is 14.8. The fourth-order valence-electron chi connectivity index (χ4n) is 5.05. The quantitative estimate of drug-likeness (QED) is 0.0442. The Bertz CT molecular complexity index is 833. The maximum absolute atomic E-state index is 12.6. The molecule has 0 aliphatic rings. The highest BCUT2D eigenvalue weighted by Gasteiger charge is 2.25. The van der Waals surface area contributed by atoms with Crippen LogP contribution in [0.5, 0.6) is 0 Å². The molecule has 0 aromatic rings. The number of rotatable bonds is 23. The van der Waals surface area contributed by atoms with E-state index >= 15 is 0 Å². The molecule has 0 aromatic carbocycles. The first-order chi connectivity index (χ1) is 21.3. The predicted octanol–water partition coefficient (Wildman–Crippen LogP) is 4.57. The van der Waals surface area contributed by atoms with Gasteiger partial charge in [0.2, 0.25) is 11.8 Å². The third-order valence-corrected chi connectivity index (χ3v) is 7.39. The average Bonchev–Trinajstić information content (AvgIpc) is 2.89. The molecule has 0 fully saturated rings. The van der Waals surface area contributed by atoms with E-state index < -0.39 is 0 Å². The Morgan fingerprint density at radius 1 is 0.660 bits per heavy atom. The Labute approximate surface area is 290 Å². The van der Waals surface area contributed by atoms with Crippen LogP contribution in [0.3, 0.4) is 0 Å². The molecule has 280 valence electrons. The van der Waals surface area contributed by atoms with Gasteiger partial charge in [0.25, 0.3) is 0 Å². The van der Waals surface area contributed by atoms with Crippen LogP contribution in [0.15, 0.2) is 17.4 Å². The first-order valence-corrected chi connectivity index (χ1v) is 17.6. The minimum Gasteiger partial charge on any atom is -0.386 e. The van der Waals surface area contributed by atoms with Crippen molar-refractivity contribution in [3.05, 3.63) is 12.4 Å². The summed E-state index contributed by atoms with van der Waals surface area (Å²) >= 11 is 0. The second-order valence-corrected chi connectivity index (χ2v) is 14.8. The minimum atomic E-state index is -0.144. The summed E-state index contributed by atoms with van der Waals surface area (Å²) in [7, 11) is 0. The van der Waals surface area contributed by atoms with Crippen LogP contribution in [0.4, 0.5) is 0 Å². The van der Waals surface area contributed by atoms with Crippen LogP contribution in [-0.4, -0.2) is 67.1 Å². The van der Waals surface area contributed by atoms with E-state index in [2.05, 4.69) is 121 Å². The lowest BCUT2D eigenvalue weighted by Gasteiger charge is -2.28. The van der Waals surface area contributed by atoms with E-state index in [1.807, 2.05) is 0 Å². The van der Waals surface area contributed by atoms with E-state index in [1.165, 1.54) is 0 Å². The van der Waals surface area contributed by atoms with Gasteiger partial charge in [-0.25, -0.2) is 0 Å². The Morgan fingerprint density at radius 3 is 1.34 bits per heavy atom. The first kappa shape index (κ1) is 48.9. The van der Waals surface area contributed by atoms with Gasteiger partial charge in [-0.05, 0) is 62.2 Å². The number of nitrogens with two attached hydrogens (primary N) is 3. The topological polar surface area (TPSA) is 185 Å². The van der Waals surface area contributed by atoms with Crippen molar-refractivity contribution in [3.8, 4) is 0 Å². The van der Waals surface area contributed by atoms with Gasteiger partial charge in [0.1, 0.15) is 0 Å². The van der Waals surface area contributed by atoms with Crippen LogP contribution in [0.2, 0.25) is 0 Å². The molecule has 4 atom stereocenters. The van der Waals surface area contributed by atoms with Crippen molar-refractivity contribution in [1.82, 2.24) is 26.6 Å². The highest BCUT2D eigenvalue weighted by molar-refractivity contribution is 5.82. The summed E-state index contributed by atoms with van der Waals surface area (Å²) in [5.74, 6) is 2.54. The molecule has 0 saturated carbocycles. The van der Waals surface area contributed by atoms with Crippen molar-refractivity contribution in [1.29, 1.82) is 0 Å². The molecule has 11 heteroatoms. The van der Waals surface area contributed by atoms with Gasteiger partial charge in [0.15, 0.2) is 5.96 Å². The van der Waals surface area contributed by atoms with Crippen molar-refractivity contribution in [2.75, 3.05) is 13.1 Å². The molecule has 47 heavy (non-hydrogen) atoms. The van der Waals surface area contributed by atoms with Gasteiger partial charge >= 0.3 is 0 Å². The molecule has 2 amide bonds. The summed E-state index contributed by atoms with van der Waals surface area (Å²) in [6.45, 7) is 30.4. The van der Waals surface area contributed by atoms with E-state index in [9.17, 15) is 9.59 Å². The van der Waals surface area contributed by atoms with E-state index in [4.69, 9.17) is 17.2 Å².